The maximum atomic E-state index is 10.5. The number of phenolic OH excluding ortho intramolecular Hbond substituents is 1. The summed E-state index contributed by atoms with van der Waals surface area (Å²) in [6, 6.07) is 8.31. The third-order valence-electron chi connectivity index (χ3n) is 4.92. The van der Waals surface area contributed by atoms with Crippen molar-refractivity contribution < 1.29 is 5.11 Å². The van der Waals surface area contributed by atoms with Crippen molar-refractivity contribution >= 4 is 5.82 Å². The fourth-order valence-corrected chi connectivity index (χ4v) is 3.69. The van der Waals surface area contributed by atoms with Gasteiger partial charge >= 0.3 is 0 Å². The van der Waals surface area contributed by atoms with Crippen molar-refractivity contribution in [3.63, 3.8) is 0 Å². The van der Waals surface area contributed by atoms with E-state index in [1.54, 1.807) is 0 Å². The molecule has 2 aromatic rings. The van der Waals surface area contributed by atoms with E-state index in [1.807, 2.05) is 25.1 Å². The number of hydrogen-bond donors (Lipinski definition) is 2. The predicted octanol–water partition coefficient (Wildman–Crippen LogP) is 3.86. The normalized spacial score (nSPS) is 18.3. The number of aromatic nitrogens is 2. The van der Waals surface area contributed by atoms with Crippen molar-refractivity contribution in [3.05, 3.63) is 35.4 Å². The molecule has 2 N–H and O–H groups in total. The summed E-state index contributed by atoms with van der Waals surface area (Å²) in [7, 11) is 2.15. The van der Waals surface area contributed by atoms with E-state index >= 15 is 0 Å². The van der Waals surface area contributed by atoms with E-state index in [9.17, 15) is 5.11 Å². The fraction of sp³-hybridized carbons (Fsp3) is 0.524. The number of likely N-dealkylation sites (N-methyl/N-ethyl adjacent to an activating group) is 1. The van der Waals surface area contributed by atoms with E-state index in [0.717, 1.165) is 54.1 Å². The minimum atomic E-state index is 0.273. The Morgan fingerprint density at radius 1 is 1.27 bits per heavy atom. The highest BCUT2D eigenvalue weighted by Gasteiger charge is 2.18. The average Bonchev–Trinajstić information content (AvgIpc) is 2.55. The maximum Gasteiger partial charge on any atom is 0.149 e. The van der Waals surface area contributed by atoms with Crippen LogP contribution in [0.3, 0.4) is 0 Å². The Labute approximate surface area is 156 Å². The van der Waals surface area contributed by atoms with Crippen LogP contribution in [0.25, 0.3) is 11.3 Å². The average molecular weight is 354 g/mol. The van der Waals surface area contributed by atoms with E-state index in [4.69, 9.17) is 0 Å². The molecule has 0 amide bonds. The number of anilines is 1. The number of nitrogens with one attached hydrogen (secondary N) is 1. The van der Waals surface area contributed by atoms with Gasteiger partial charge in [0.05, 0.1) is 5.69 Å². The minimum Gasteiger partial charge on any atom is -0.507 e. The number of aryl methyl sites for hydroxylation is 1. The van der Waals surface area contributed by atoms with Crippen LogP contribution in [0.2, 0.25) is 0 Å². The molecule has 1 aromatic heterocycles. The molecule has 0 bridgehead atoms. The van der Waals surface area contributed by atoms with Gasteiger partial charge in [-0.05, 0) is 75.0 Å². The predicted molar refractivity (Wildman–Crippen MR) is 107 cm³/mol. The standard InChI is InChI=1S/C21H30N4O/c1-14(2)10-16-7-8-18(19(26)12-16)21-15(3)11-20(23-24-21)22-17-6-5-9-25(4)13-17/h7-8,11-12,14,17,26H,5-6,9-10,13H2,1-4H3,(H,22,23)/t17-/m1/s1. The Morgan fingerprint density at radius 2 is 2.08 bits per heavy atom. The Kier molecular flexibility index (Phi) is 5.77. The second-order valence-corrected chi connectivity index (χ2v) is 7.96. The van der Waals surface area contributed by atoms with Crippen molar-refractivity contribution in [1.82, 2.24) is 15.1 Å². The number of hydrogen-bond acceptors (Lipinski definition) is 5. The summed E-state index contributed by atoms with van der Waals surface area (Å²) in [5.74, 6) is 1.64. The van der Waals surface area contributed by atoms with Crippen molar-refractivity contribution in [2.24, 2.45) is 5.92 Å². The van der Waals surface area contributed by atoms with Crippen molar-refractivity contribution in [3.8, 4) is 17.0 Å². The number of benzene rings is 1. The lowest BCUT2D eigenvalue weighted by Crippen LogP contribution is -2.39. The lowest BCUT2D eigenvalue weighted by atomic mass is 9.99. The van der Waals surface area contributed by atoms with Gasteiger partial charge in [-0.15, -0.1) is 10.2 Å². The summed E-state index contributed by atoms with van der Waals surface area (Å²) in [5, 5.41) is 22.7. The van der Waals surface area contributed by atoms with Gasteiger partial charge in [0.15, 0.2) is 0 Å². The number of aromatic hydroxyl groups is 1. The van der Waals surface area contributed by atoms with Crippen LogP contribution >= 0.6 is 0 Å². The zero-order valence-corrected chi connectivity index (χ0v) is 16.3. The van der Waals surface area contributed by atoms with Crippen molar-refractivity contribution in [1.29, 1.82) is 0 Å². The molecule has 0 radical (unpaired) electrons. The monoisotopic (exact) mass is 354 g/mol. The van der Waals surface area contributed by atoms with Crippen LogP contribution in [-0.4, -0.2) is 46.4 Å². The Morgan fingerprint density at radius 3 is 2.73 bits per heavy atom. The summed E-state index contributed by atoms with van der Waals surface area (Å²) >= 11 is 0. The zero-order chi connectivity index (χ0) is 18.7. The van der Waals surface area contributed by atoms with Gasteiger partial charge in [-0.3, -0.25) is 0 Å². The van der Waals surface area contributed by atoms with Gasteiger partial charge in [0.2, 0.25) is 0 Å². The van der Waals surface area contributed by atoms with E-state index in [-0.39, 0.29) is 5.75 Å². The SMILES string of the molecule is Cc1cc(N[C@@H]2CCCN(C)C2)nnc1-c1ccc(CC(C)C)cc1O. The first-order valence-electron chi connectivity index (χ1n) is 9.54. The lowest BCUT2D eigenvalue weighted by molar-refractivity contribution is 0.260. The number of phenols is 1. The summed E-state index contributed by atoms with van der Waals surface area (Å²) < 4.78 is 0. The molecule has 1 saturated heterocycles. The van der Waals surface area contributed by atoms with Crippen molar-refractivity contribution in [2.45, 2.75) is 46.1 Å². The molecule has 0 saturated carbocycles. The van der Waals surface area contributed by atoms with Crippen LogP contribution in [0, 0.1) is 12.8 Å². The van der Waals surface area contributed by atoms with E-state index < -0.39 is 0 Å². The van der Waals surface area contributed by atoms with E-state index in [1.165, 1.54) is 6.42 Å². The van der Waals surface area contributed by atoms with Gasteiger partial charge in [-0.25, -0.2) is 0 Å². The first kappa shape index (κ1) is 18.6. The molecule has 1 fully saturated rings. The highest BCUT2D eigenvalue weighted by atomic mass is 16.3. The molecule has 5 heteroatoms. The zero-order valence-electron chi connectivity index (χ0n) is 16.3. The number of nitrogens with zero attached hydrogens (tertiary/aromatic N) is 3. The smallest absolute Gasteiger partial charge is 0.149 e. The van der Waals surface area contributed by atoms with Crippen molar-refractivity contribution in [2.75, 3.05) is 25.5 Å². The molecule has 140 valence electrons. The first-order chi connectivity index (χ1) is 12.4. The van der Waals surface area contributed by atoms with Gasteiger partial charge in [-0.2, -0.15) is 0 Å². The molecule has 0 unspecified atom stereocenters. The molecule has 0 spiro atoms. The Hall–Kier alpha value is -2.14. The number of likely N-dealkylation sites (tertiary alicyclic amines) is 1. The van der Waals surface area contributed by atoms with Crippen LogP contribution < -0.4 is 5.32 Å². The van der Waals surface area contributed by atoms with Crippen LogP contribution in [-0.2, 0) is 6.42 Å². The number of rotatable bonds is 5. The van der Waals surface area contributed by atoms with Gasteiger partial charge < -0.3 is 15.3 Å². The lowest BCUT2D eigenvalue weighted by Gasteiger charge is -2.30. The van der Waals surface area contributed by atoms with Gasteiger partial charge in [0.1, 0.15) is 11.6 Å². The minimum absolute atomic E-state index is 0.273. The largest absolute Gasteiger partial charge is 0.507 e. The van der Waals surface area contributed by atoms with E-state index in [0.29, 0.717) is 12.0 Å². The summed E-state index contributed by atoms with van der Waals surface area (Å²) in [4.78, 5) is 2.34. The molecule has 1 aliphatic rings. The number of piperidine rings is 1. The molecule has 5 nitrogen and oxygen atoms in total. The maximum absolute atomic E-state index is 10.5. The Balaban J connectivity index is 1.77. The molecule has 26 heavy (non-hydrogen) atoms. The third kappa shape index (κ3) is 4.52. The topological polar surface area (TPSA) is 61.3 Å². The Bertz CT molecular complexity index is 760. The fourth-order valence-electron chi connectivity index (χ4n) is 3.69. The van der Waals surface area contributed by atoms with Crippen LogP contribution in [0.4, 0.5) is 5.82 Å². The van der Waals surface area contributed by atoms with Gasteiger partial charge in [0, 0.05) is 18.2 Å². The third-order valence-corrected chi connectivity index (χ3v) is 4.92. The van der Waals surface area contributed by atoms with Gasteiger partial charge in [-0.1, -0.05) is 19.9 Å². The summed E-state index contributed by atoms with van der Waals surface area (Å²) in [6.07, 6.45) is 3.32. The quantitative estimate of drug-likeness (QED) is 0.854. The highest BCUT2D eigenvalue weighted by molar-refractivity contribution is 5.70. The second-order valence-electron chi connectivity index (χ2n) is 7.96. The molecule has 0 aliphatic carbocycles. The van der Waals surface area contributed by atoms with Crippen LogP contribution in [0.5, 0.6) is 5.75 Å². The summed E-state index contributed by atoms with van der Waals surface area (Å²) in [5.41, 5.74) is 3.64. The molecule has 1 atom stereocenters. The first-order valence-corrected chi connectivity index (χ1v) is 9.54. The van der Waals surface area contributed by atoms with Gasteiger partial charge in [0.25, 0.3) is 0 Å². The van der Waals surface area contributed by atoms with E-state index in [2.05, 4.69) is 47.4 Å². The molecular formula is C21H30N4O. The van der Waals surface area contributed by atoms with Crippen LogP contribution in [0.15, 0.2) is 24.3 Å². The summed E-state index contributed by atoms with van der Waals surface area (Å²) in [6.45, 7) is 8.56. The second kappa shape index (κ2) is 8.04. The molecule has 3 rings (SSSR count). The molecule has 1 aromatic carbocycles. The molecule has 1 aliphatic heterocycles. The molecular weight excluding hydrogens is 324 g/mol. The van der Waals surface area contributed by atoms with Crippen LogP contribution in [0.1, 0.15) is 37.8 Å². The highest BCUT2D eigenvalue weighted by Crippen LogP contribution is 2.31. The molecule has 2 heterocycles.